The molecule has 0 heterocycles. The fraction of sp³-hybridized carbons (Fsp3) is 0.632. The zero-order valence-corrected chi connectivity index (χ0v) is 50.8. The number of aliphatic hydroxyl groups excluding tert-OH is 1. The summed E-state index contributed by atoms with van der Waals surface area (Å²) >= 11 is 0. The van der Waals surface area contributed by atoms with Gasteiger partial charge < -0.3 is 19.8 Å². The average Bonchev–Trinajstić information content (AvgIpc) is 3.39. The summed E-state index contributed by atoms with van der Waals surface area (Å²) in [5.41, 5.74) is 0. The number of phosphoric acid groups is 1. The number of rotatable bonds is 54. The molecule has 0 bridgehead atoms. The fourth-order valence-electron chi connectivity index (χ4n) is 8.03. The summed E-state index contributed by atoms with van der Waals surface area (Å²) in [6, 6.07) is -0.889. The molecule has 9 heteroatoms. The number of aliphatic hydroxyl groups is 1. The number of nitrogens with zero attached hydrogens (tertiary/aromatic N) is 1. The standard InChI is InChI=1S/C68H115N2O6P/c1-6-8-10-12-14-16-18-20-22-24-26-28-29-30-31-32-33-34-35-36-37-38-39-40-41-42-44-46-48-50-52-54-56-58-60-62-68(72)69-66(65-76-77(73,74)75-64-63-70(3,4)5)67(71)61-59-57-55-53-51-49-47-45-43-27-25-23-21-19-17-15-13-11-9-7-2/h8,10,14,16,20,22,26,28,30-31,33-34,36-37,39-40,42,44,48,50-51,53,59,61,66-67,71H,6-7,9,11-13,15,17-19,21,23-25,27,29,32,35,38,41,43,45-47,49,52,54-58,60,62-65H2,1-5H3,(H-,69,72,73,74)/p+1/b10-8-,16-14-,22-20-,28-26-,31-30-,34-33-,37-36-,40-39-,44-42-,50-48-,53-51+,61-59+. The lowest BCUT2D eigenvalue weighted by molar-refractivity contribution is -0.870. The van der Waals surface area contributed by atoms with Crippen molar-refractivity contribution in [3.63, 3.8) is 0 Å². The molecule has 0 aromatic heterocycles. The molecule has 0 radical (unpaired) electrons. The van der Waals surface area contributed by atoms with Gasteiger partial charge in [-0.25, -0.2) is 4.57 Å². The minimum absolute atomic E-state index is 0.0428. The molecule has 3 atom stereocenters. The summed E-state index contributed by atoms with van der Waals surface area (Å²) < 4.78 is 23.7. The van der Waals surface area contributed by atoms with E-state index in [-0.39, 0.29) is 19.1 Å². The van der Waals surface area contributed by atoms with E-state index in [1.807, 2.05) is 27.2 Å². The van der Waals surface area contributed by atoms with Crippen LogP contribution in [0.3, 0.4) is 0 Å². The van der Waals surface area contributed by atoms with Crippen LogP contribution in [0, 0.1) is 0 Å². The highest BCUT2D eigenvalue weighted by molar-refractivity contribution is 7.47. The molecular weight excluding hydrogens is 972 g/mol. The number of hydrogen-bond donors (Lipinski definition) is 3. The van der Waals surface area contributed by atoms with Gasteiger partial charge in [0.15, 0.2) is 0 Å². The Bertz CT molecular complexity index is 1760. The number of quaternary nitrogens is 1. The van der Waals surface area contributed by atoms with Gasteiger partial charge in [0.2, 0.25) is 5.91 Å². The van der Waals surface area contributed by atoms with Crippen LogP contribution in [0.25, 0.3) is 0 Å². The van der Waals surface area contributed by atoms with E-state index < -0.39 is 20.0 Å². The lowest BCUT2D eigenvalue weighted by Gasteiger charge is -2.25. The maximum absolute atomic E-state index is 13.0. The molecule has 3 N–H and O–H groups in total. The van der Waals surface area contributed by atoms with Crippen LogP contribution in [0.5, 0.6) is 0 Å². The Kier molecular flexibility index (Phi) is 54.4. The third-order valence-electron chi connectivity index (χ3n) is 12.8. The second-order valence-corrected chi connectivity index (χ2v) is 22.8. The molecule has 438 valence electrons. The third-order valence-corrected chi connectivity index (χ3v) is 13.8. The van der Waals surface area contributed by atoms with Crippen molar-refractivity contribution in [3.8, 4) is 0 Å². The van der Waals surface area contributed by atoms with E-state index in [9.17, 15) is 19.4 Å². The monoisotopic (exact) mass is 1090 g/mol. The van der Waals surface area contributed by atoms with E-state index in [0.29, 0.717) is 17.4 Å². The molecule has 0 aromatic rings. The van der Waals surface area contributed by atoms with Gasteiger partial charge in [0.25, 0.3) is 0 Å². The SMILES string of the molecule is CC/C=C\C/C=C\C/C=C\C/C=C\C/C=C\C/C=C\C/C=C\C/C=C\C/C=C\C/C=C\CCCCCCC(=O)NC(COP(=O)(O)OCC[N+](C)(C)C)C(O)/C=C/CC/C=C/CCCCCCCCCCCCCCCC. The number of phosphoric ester groups is 1. The van der Waals surface area contributed by atoms with Crippen molar-refractivity contribution in [1.82, 2.24) is 5.32 Å². The van der Waals surface area contributed by atoms with Crippen molar-refractivity contribution in [3.05, 3.63) is 146 Å². The number of carbonyl (C=O) groups excluding carboxylic acids is 1. The van der Waals surface area contributed by atoms with Crippen LogP contribution in [-0.4, -0.2) is 73.4 Å². The number of unbranched alkanes of at least 4 members (excludes halogenated alkanes) is 19. The minimum Gasteiger partial charge on any atom is -0.387 e. The molecule has 0 spiro atoms. The highest BCUT2D eigenvalue weighted by Gasteiger charge is 2.27. The number of hydrogen-bond acceptors (Lipinski definition) is 5. The maximum Gasteiger partial charge on any atom is 0.472 e. The summed E-state index contributed by atoms with van der Waals surface area (Å²) in [7, 11) is 1.52. The molecule has 0 aliphatic heterocycles. The van der Waals surface area contributed by atoms with Gasteiger partial charge in [0.1, 0.15) is 13.2 Å². The van der Waals surface area contributed by atoms with Crippen molar-refractivity contribution >= 4 is 13.7 Å². The van der Waals surface area contributed by atoms with Crippen LogP contribution in [-0.2, 0) is 18.4 Å². The van der Waals surface area contributed by atoms with Crippen LogP contribution in [0.15, 0.2) is 146 Å². The third kappa shape index (κ3) is 59.9. The Morgan fingerprint density at radius 3 is 1.19 bits per heavy atom. The highest BCUT2D eigenvalue weighted by Crippen LogP contribution is 2.43. The molecule has 0 rings (SSSR count). The number of nitrogens with one attached hydrogen (secondary N) is 1. The molecule has 8 nitrogen and oxygen atoms in total. The van der Waals surface area contributed by atoms with Gasteiger partial charge in [-0.15, -0.1) is 0 Å². The summed E-state index contributed by atoms with van der Waals surface area (Å²) in [4.78, 5) is 23.3. The van der Waals surface area contributed by atoms with Gasteiger partial charge in [-0.05, 0) is 109 Å². The van der Waals surface area contributed by atoms with Crippen molar-refractivity contribution in [2.24, 2.45) is 0 Å². The Balaban J connectivity index is 4.31. The van der Waals surface area contributed by atoms with Crippen molar-refractivity contribution in [2.45, 2.75) is 238 Å². The largest absolute Gasteiger partial charge is 0.472 e. The Labute approximate surface area is 474 Å². The number of amides is 1. The molecule has 0 aromatic carbocycles. The fourth-order valence-corrected chi connectivity index (χ4v) is 8.76. The van der Waals surface area contributed by atoms with Gasteiger partial charge in [-0.3, -0.25) is 13.8 Å². The van der Waals surface area contributed by atoms with E-state index >= 15 is 0 Å². The smallest absolute Gasteiger partial charge is 0.387 e. The molecule has 77 heavy (non-hydrogen) atoms. The zero-order valence-electron chi connectivity index (χ0n) is 49.9. The van der Waals surface area contributed by atoms with Gasteiger partial charge >= 0.3 is 7.82 Å². The van der Waals surface area contributed by atoms with Crippen molar-refractivity contribution < 1.29 is 32.9 Å². The first-order chi connectivity index (χ1) is 37.5. The number of allylic oxidation sites excluding steroid dienone is 23. The quantitative estimate of drug-likeness (QED) is 0.0243. The minimum atomic E-state index is -4.38. The Morgan fingerprint density at radius 2 is 0.792 bits per heavy atom. The molecule has 1 amide bonds. The van der Waals surface area contributed by atoms with Crippen LogP contribution in [0.4, 0.5) is 0 Å². The van der Waals surface area contributed by atoms with Crippen LogP contribution in [0.2, 0.25) is 0 Å². The van der Waals surface area contributed by atoms with Gasteiger partial charge in [-0.1, -0.05) is 256 Å². The van der Waals surface area contributed by atoms with E-state index in [1.165, 1.54) is 89.9 Å². The predicted molar refractivity (Wildman–Crippen MR) is 336 cm³/mol. The van der Waals surface area contributed by atoms with Crippen LogP contribution < -0.4 is 5.32 Å². The molecule has 0 saturated carbocycles. The molecular formula is C68H116N2O6P+. The molecule has 0 aliphatic rings. The topological polar surface area (TPSA) is 105 Å². The second kappa shape index (κ2) is 57.1. The first kappa shape index (κ1) is 73.4. The molecule has 0 aliphatic carbocycles. The predicted octanol–water partition coefficient (Wildman–Crippen LogP) is 19.3. The molecule has 3 unspecified atom stereocenters. The van der Waals surface area contributed by atoms with Gasteiger partial charge in [-0.2, -0.15) is 0 Å². The van der Waals surface area contributed by atoms with E-state index in [2.05, 4.69) is 153 Å². The lowest BCUT2D eigenvalue weighted by atomic mass is 10.0. The highest BCUT2D eigenvalue weighted by atomic mass is 31.2. The van der Waals surface area contributed by atoms with Crippen LogP contribution >= 0.6 is 7.82 Å². The van der Waals surface area contributed by atoms with Crippen molar-refractivity contribution in [2.75, 3.05) is 40.9 Å². The Hall–Kier alpha value is -3.62. The number of likely N-dealkylation sites (N-methyl/N-ethyl adjacent to an activating group) is 1. The zero-order chi connectivity index (χ0) is 56.3. The van der Waals surface area contributed by atoms with E-state index in [0.717, 1.165) is 116 Å². The number of carbonyl (C=O) groups is 1. The normalized spacial score (nSPS) is 14.8. The molecule has 0 saturated heterocycles. The van der Waals surface area contributed by atoms with Gasteiger partial charge in [0, 0.05) is 6.42 Å². The van der Waals surface area contributed by atoms with Crippen LogP contribution in [0.1, 0.15) is 226 Å². The lowest BCUT2D eigenvalue weighted by Crippen LogP contribution is -2.45. The van der Waals surface area contributed by atoms with E-state index in [1.54, 1.807) is 6.08 Å². The molecule has 0 fully saturated rings. The second-order valence-electron chi connectivity index (χ2n) is 21.3. The van der Waals surface area contributed by atoms with Gasteiger partial charge in [0.05, 0.1) is 39.9 Å². The Morgan fingerprint density at radius 1 is 0.455 bits per heavy atom. The summed E-state index contributed by atoms with van der Waals surface area (Å²) in [5.74, 6) is -0.217. The summed E-state index contributed by atoms with van der Waals surface area (Å²) in [6.45, 7) is 4.65. The van der Waals surface area contributed by atoms with E-state index in [4.69, 9.17) is 9.05 Å². The van der Waals surface area contributed by atoms with Crippen molar-refractivity contribution in [1.29, 1.82) is 0 Å². The maximum atomic E-state index is 13.0. The first-order valence-electron chi connectivity index (χ1n) is 30.7. The summed E-state index contributed by atoms with van der Waals surface area (Å²) in [5, 5.41) is 13.9. The average molecular weight is 1090 g/mol. The summed E-state index contributed by atoms with van der Waals surface area (Å²) in [6.07, 6.45) is 88.2. The first-order valence-corrected chi connectivity index (χ1v) is 32.2.